The second kappa shape index (κ2) is 8.88. The predicted molar refractivity (Wildman–Crippen MR) is 117 cm³/mol. The molecule has 172 valence electrons. The molecule has 1 fully saturated rings. The van der Waals surface area contributed by atoms with Crippen molar-refractivity contribution in [1.82, 2.24) is 4.57 Å². The first-order valence-electron chi connectivity index (χ1n) is 10.6. The maximum Gasteiger partial charge on any atom is 0.341 e. The van der Waals surface area contributed by atoms with Crippen LogP contribution in [0.4, 0.5) is 4.39 Å². The molecular weight excluding hydrogens is 437 g/mol. The van der Waals surface area contributed by atoms with Gasteiger partial charge in [-0.2, -0.15) is 0 Å². The van der Waals surface area contributed by atoms with E-state index in [1.807, 2.05) is 13.8 Å². The Labute approximate surface area is 188 Å². The summed E-state index contributed by atoms with van der Waals surface area (Å²) in [7, 11) is 1.57. The van der Waals surface area contributed by atoms with Gasteiger partial charge in [0.15, 0.2) is 21.7 Å². The van der Waals surface area contributed by atoms with E-state index in [0.29, 0.717) is 34.7 Å². The molecule has 4 rings (SSSR count). The number of hydrogen-bond acceptors (Lipinski definition) is 5. The van der Waals surface area contributed by atoms with E-state index in [9.17, 15) is 23.6 Å². The SMILES string of the molecule is COCCCOc1cc2c(cc1F)-c1c(cc(C(=O)O)c(=O)n1C1CC1)C(C(C)C)[S+]2[O-]. The van der Waals surface area contributed by atoms with Crippen LogP contribution in [-0.4, -0.2) is 40.5 Å². The lowest BCUT2D eigenvalue weighted by molar-refractivity contribution is 0.0694. The number of rotatable bonds is 8. The van der Waals surface area contributed by atoms with E-state index in [-0.39, 0.29) is 29.9 Å². The first kappa shape index (κ1) is 22.8. The van der Waals surface area contributed by atoms with E-state index in [1.165, 1.54) is 22.8 Å². The van der Waals surface area contributed by atoms with Crippen LogP contribution in [0.1, 0.15) is 60.3 Å². The minimum absolute atomic E-state index is 0.00151. The summed E-state index contributed by atoms with van der Waals surface area (Å²) in [5.41, 5.74) is 0.391. The van der Waals surface area contributed by atoms with Gasteiger partial charge in [0.25, 0.3) is 5.56 Å². The van der Waals surface area contributed by atoms with E-state index in [1.54, 1.807) is 7.11 Å². The van der Waals surface area contributed by atoms with Crippen LogP contribution in [0.2, 0.25) is 0 Å². The van der Waals surface area contributed by atoms with Crippen LogP contribution in [0.3, 0.4) is 0 Å². The fourth-order valence-electron chi connectivity index (χ4n) is 4.23. The van der Waals surface area contributed by atoms with Crippen LogP contribution in [0.15, 0.2) is 27.9 Å². The summed E-state index contributed by atoms with van der Waals surface area (Å²) in [5, 5.41) is 9.07. The third kappa shape index (κ3) is 3.93. The Morgan fingerprint density at radius 3 is 2.62 bits per heavy atom. The third-order valence-corrected chi connectivity index (χ3v) is 7.84. The second-order valence-electron chi connectivity index (χ2n) is 8.51. The van der Waals surface area contributed by atoms with Crippen molar-refractivity contribution in [1.29, 1.82) is 0 Å². The van der Waals surface area contributed by atoms with Gasteiger partial charge in [-0.05, 0) is 36.2 Å². The zero-order valence-corrected chi connectivity index (χ0v) is 19.0. The summed E-state index contributed by atoms with van der Waals surface area (Å²) < 4.78 is 40.6. The topological polar surface area (TPSA) is 101 Å². The van der Waals surface area contributed by atoms with Crippen molar-refractivity contribution in [3.05, 3.63) is 45.5 Å². The highest BCUT2D eigenvalue weighted by molar-refractivity contribution is 7.92. The number of carboxylic acids is 1. The average molecular weight is 464 g/mol. The summed E-state index contributed by atoms with van der Waals surface area (Å²) in [6, 6.07) is 3.90. The normalized spacial score (nSPS) is 19.6. The van der Waals surface area contributed by atoms with Crippen LogP contribution < -0.4 is 10.3 Å². The molecular formula is C23H26FNO6S. The Morgan fingerprint density at radius 2 is 2.03 bits per heavy atom. The Bertz CT molecular complexity index is 1110. The highest BCUT2D eigenvalue weighted by atomic mass is 32.2. The van der Waals surface area contributed by atoms with Crippen molar-refractivity contribution >= 4 is 17.1 Å². The minimum atomic E-state index is -1.58. The van der Waals surface area contributed by atoms with Crippen LogP contribution in [0.5, 0.6) is 5.75 Å². The monoisotopic (exact) mass is 463 g/mol. The highest BCUT2D eigenvalue weighted by Gasteiger charge is 2.44. The minimum Gasteiger partial charge on any atom is -0.611 e. The number of hydrogen-bond donors (Lipinski definition) is 1. The summed E-state index contributed by atoms with van der Waals surface area (Å²) in [4.78, 5) is 25.2. The van der Waals surface area contributed by atoms with Crippen molar-refractivity contribution in [3.63, 3.8) is 0 Å². The van der Waals surface area contributed by atoms with Gasteiger partial charge >= 0.3 is 5.97 Å². The smallest absolute Gasteiger partial charge is 0.341 e. The summed E-state index contributed by atoms with van der Waals surface area (Å²) in [5.74, 6) is -2.05. The van der Waals surface area contributed by atoms with E-state index >= 15 is 0 Å². The quantitative estimate of drug-likeness (QED) is 0.470. The molecule has 2 heterocycles. The number of fused-ring (bicyclic) bond motifs is 3. The molecule has 0 spiro atoms. The Hall–Kier alpha value is -2.36. The number of aromatic carboxylic acids is 1. The molecule has 0 saturated heterocycles. The van der Waals surface area contributed by atoms with Crippen molar-refractivity contribution in [2.75, 3.05) is 20.3 Å². The van der Waals surface area contributed by atoms with Gasteiger partial charge in [-0.15, -0.1) is 0 Å². The zero-order valence-electron chi connectivity index (χ0n) is 18.2. The van der Waals surface area contributed by atoms with Crippen LogP contribution in [0.25, 0.3) is 11.3 Å². The fraction of sp³-hybridized carbons (Fsp3) is 0.478. The van der Waals surface area contributed by atoms with E-state index < -0.39 is 33.8 Å². The molecule has 7 nitrogen and oxygen atoms in total. The second-order valence-corrected chi connectivity index (χ2v) is 10.1. The van der Waals surface area contributed by atoms with Crippen molar-refractivity contribution in [2.45, 2.75) is 49.3 Å². The van der Waals surface area contributed by atoms with Crippen molar-refractivity contribution < 1.29 is 28.3 Å². The molecule has 1 aliphatic heterocycles. The largest absolute Gasteiger partial charge is 0.611 e. The lowest BCUT2D eigenvalue weighted by Gasteiger charge is -2.34. The molecule has 1 aromatic heterocycles. The molecule has 1 aliphatic carbocycles. The number of benzene rings is 1. The zero-order chi connectivity index (χ0) is 23.2. The molecule has 2 aliphatic rings. The first-order chi connectivity index (χ1) is 15.3. The number of ether oxygens (including phenoxy) is 2. The molecule has 9 heteroatoms. The molecule has 1 aromatic carbocycles. The number of aromatic nitrogens is 1. The maximum atomic E-state index is 15.0. The number of carbonyl (C=O) groups is 1. The Morgan fingerprint density at radius 1 is 1.31 bits per heavy atom. The summed E-state index contributed by atoms with van der Waals surface area (Å²) >= 11 is -1.58. The molecule has 32 heavy (non-hydrogen) atoms. The lowest BCUT2D eigenvalue weighted by Crippen LogP contribution is -2.33. The van der Waals surface area contributed by atoms with Crippen molar-refractivity contribution in [3.8, 4) is 17.0 Å². The molecule has 0 amide bonds. The Balaban J connectivity index is 1.93. The number of pyridine rings is 1. The molecule has 2 unspecified atom stereocenters. The van der Waals surface area contributed by atoms with E-state index in [0.717, 1.165) is 12.8 Å². The Kier molecular flexibility index (Phi) is 6.33. The van der Waals surface area contributed by atoms with E-state index in [4.69, 9.17) is 9.47 Å². The van der Waals surface area contributed by atoms with Gasteiger partial charge in [0.2, 0.25) is 0 Å². The number of nitrogens with zero attached hydrogens (tertiary/aromatic N) is 1. The lowest BCUT2D eigenvalue weighted by atomic mass is 9.94. The molecule has 0 radical (unpaired) electrons. The average Bonchev–Trinajstić information content (AvgIpc) is 3.56. The maximum absolute atomic E-state index is 15.0. The summed E-state index contributed by atoms with van der Waals surface area (Å²) in [6.07, 6.45) is 2.06. The highest BCUT2D eigenvalue weighted by Crippen LogP contribution is 2.51. The molecule has 2 aromatic rings. The van der Waals surface area contributed by atoms with Crippen LogP contribution in [-0.2, 0) is 15.9 Å². The predicted octanol–water partition coefficient (Wildman–Crippen LogP) is 3.92. The molecule has 1 N–H and O–H groups in total. The van der Waals surface area contributed by atoms with Gasteiger partial charge in [0, 0.05) is 43.7 Å². The summed E-state index contributed by atoms with van der Waals surface area (Å²) in [6.45, 7) is 4.52. The van der Waals surface area contributed by atoms with Crippen molar-refractivity contribution in [2.24, 2.45) is 5.92 Å². The molecule has 0 bridgehead atoms. The fourth-order valence-corrected chi connectivity index (χ4v) is 6.01. The van der Waals surface area contributed by atoms with Gasteiger partial charge < -0.3 is 23.7 Å². The van der Waals surface area contributed by atoms with Gasteiger partial charge in [0.1, 0.15) is 5.56 Å². The first-order valence-corrected chi connectivity index (χ1v) is 11.9. The standard InChI is InChI=1S/C23H26FNO6S/c1-12(2)21-15-9-16(23(27)28)22(26)25(13-5-6-13)20(15)14-10-17(24)18(11-19(14)32(21)29)31-8-4-7-30-3/h9-13,21H,4-8H2,1-3H3,(H,27,28). The van der Waals surface area contributed by atoms with Gasteiger partial charge in [0.05, 0.1) is 17.9 Å². The number of halogens is 1. The van der Waals surface area contributed by atoms with Gasteiger partial charge in [-0.1, -0.05) is 13.8 Å². The van der Waals surface area contributed by atoms with Crippen LogP contribution in [0, 0.1) is 11.7 Å². The molecule has 2 atom stereocenters. The van der Waals surface area contributed by atoms with Gasteiger partial charge in [-0.3, -0.25) is 4.79 Å². The van der Waals surface area contributed by atoms with Crippen LogP contribution >= 0.6 is 0 Å². The third-order valence-electron chi connectivity index (χ3n) is 5.80. The van der Waals surface area contributed by atoms with Gasteiger partial charge in [-0.25, -0.2) is 9.18 Å². The number of methoxy groups -OCH3 is 1. The van der Waals surface area contributed by atoms with E-state index in [2.05, 4.69) is 0 Å². The number of carboxylic acid groups (broad SMARTS) is 1. The molecule has 1 saturated carbocycles.